The predicted molar refractivity (Wildman–Crippen MR) is 86.7 cm³/mol. The molecule has 0 unspecified atom stereocenters. The van der Waals surface area contributed by atoms with Crippen molar-refractivity contribution in [1.82, 2.24) is 4.90 Å². The van der Waals surface area contributed by atoms with E-state index in [0.29, 0.717) is 18.9 Å². The molecule has 3 nitrogen and oxygen atoms in total. The van der Waals surface area contributed by atoms with Crippen LogP contribution in [0.1, 0.15) is 67.2 Å². The molecule has 1 fully saturated rings. The number of carbonyl (C=O) groups excluding carboxylic acids is 2. The number of likely N-dealkylation sites (tertiary alicyclic amines) is 1. The maximum atomic E-state index is 12.4. The van der Waals surface area contributed by atoms with Gasteiger partial charge in [-0.1, -0.05) is 52.2 Å². The SMILES string of the molecule is CCC[C@@H](C)C/C(C)=C/C(C)(C)[C@@H]1CC(=O)N(CC)C1=O. The Morgan fingerprint density at radius 2 is 2.00 bits per heavy atom. The van der Waals surface area contributed by atoms with Crippen LogP contribution < -0.4 is 0 Å². The summed E-state index contributed by atoms with van der Waals surface area (Å²) < 4.78 is 0. The van der Waals surface area contributed by atoms with Crippen molar-refractivity contribution in [3.05, 3.63) is 11.6 Å². The fourth-order valence-corrected chi connectivity index (χ4v) is 3.54. The molecule has 1 saturated heterocycles. The van der Waals surface area contributed by atoms with Gasteiger partial charge in [-0.05, 0) is 31.6 Å². The van der Waals surface area contributed by atoms with Gasteiger partial charge in [0.05, 0.1) is 5.92 Å². The van der Waals surface area contributed by atoms with E-state index in [1.54, 1.807) is 0 Å². The Morgan fingerprint density at radius 3 is 2.48 bits per heavy atom. The highest BCUT2D eigenvalue weighted by molar-refractivity contribution is 6.04. The molecule has 120 valence electrons. The van der Waals surface area contributed by atoms with Gasteiger partial charge in [0.1, 0.15) is 0 Å². The Hall–Kier alpha value is -1.12. The van der Waals surface area contributed by atoms with Crippen molar-refractivity contribution in [2.75, 3.05) is 6.54 Å². The molecule has 0 aromatic rings. The lowest BCUT2D eigenvalue weighted by Crippen LogP contribution is -2.34. The van der Waals surface area contributed by atoms with Crippen LogP contribution in [0.3, 0.4) is 0 Å². The molecule has 0 bridgehead atoms. The van der Waals surface area contributed by atoms with Gasteiger partial charge in [-0.2, -0.15) is 0 Å². The summed E-state index contributed by atoms with van der Waals surface area (Å²) in [5.74, 6) is 0.445. The molecule has 0 N–H and O–H groups in total. The highest BCUT2D eigenvalue weighted by Gasteiger charge is 2.45. The molecule has 1 aliphatic rings. The van der Waals surface area contributed by atoms with Gasteiger partial charge < -0.3 is 0 Å². The lowest BCUT2D eigenvalue weighted by atomic mass is 9.76. The number of hydrogen-bond acceptors (Lipinski definition) is 2. The second-order valence-electron chi connectivity index (χ2n) is 7.14. The fourth-order valence-electron chi connectivity index (χ4n) is 3.54. The van der Waals surface area contributed by atoms with Crippen LogP contribution in [-0.2, 0) is 9.59 Å². The molecule has 0 aliphatic carbocycles. The first-order valence-corrected chi connectivity index (χ1v) is 8.25. The van der Waals surface area contributed by atoms with E-state index in [1.807, 2.05) is 6.92 Å². The molecule has 1 aliphatic heterocycles. The van der Waals surface area contributed by atoms with Crippen LogP contribution >= 0.6 is 0 Å². The Morgan fingerprint density at radius 1 is 1.38 bits per heavy atom. The van der Waals surface area contributed by atoms with Crippen LogP contribution in [0.2, 0.25) is 0 Å². The van der Waals surface area contributed by atoms with Gasteiger partial charge in [0.15, 0.2) is 0 Å². The number of carbonyl (C=O) groups is 2. The first kappa shape index (κ1) is 17.9. The summed E-state index contributed by atoms with van der Waals surface area (Å²) in [7, 11) is 0. The van der Waals surface area contributed by atoms with Crippen LogP contribution in [0.25, 0.3) is 0 Å². The van der Waals surface area contributed by atoms with E-state index < -0.39 is 0 Å². The summed E-state index contributed by atoms with van der Waals surface area (Å²) >= 11 is 0. The molecule has 2 amide bonds. The van der Waals surface area contributed by atoms with Crippen LogP contribution in [-0.4, -0.2) is 23.3 Å². The zero-order valence-corrected chi connectivity index (χ0v) is 14.5. The third-order valence-corrected chi connectivity index (χ3v) is 4.53. The maximum absolute atomic E-state index is 12.4. The fraction of sp³-hybridized carbons (Fsp3) is 0.778. The lowest BCUT2D eigenvalue weighted by Gasteiger charge is -2.28. The zero-order valence-electron chi connectivity index (χ0n) is 14.5. The summed E-state index contributed by atoms with van der Waals surface area (Å²) in [6.45, 7) is 13.1. The minimum absolute atomic E-state index is 0.00171. The van der Waals surface area contributed by atoms with Crippen LogP contribution in [0.15, 0.2) is 11.6 Å². The standard InChI is InChI=1S/C18H31NO2/c1-7-9-13(3)10-14(4)12-18(5,6)15-11-16(20)19(8-2)17(15)21/h12-13,15H,7-11H2,1-6H3/b14-12+/t13-,15-/m1/s1. The highest BCUT2D eigenvalue weighted by Crippen LogP contribution is 2.38. The van der Waals surface area contributed by atoms with E-state index >= 15 is 0 Å². The van der Waals surface area contributed by atoms with Crippen molar-refractivity contribution in [3.63, 3.8) is 0 Å². The number of hydrogen-bond donors (Lipinski definition) is 0. The average molecular weight is 293 g/mol. The molecular formula is C18H31NO2. The Balaban J connectivity index is 2.81. The Bertz CT molecular complexity index is 423. The third kappa shape index (κ3) is 4.42. The van der Waals surface area contributed by atoms with E-state index in [-0.39, 0.29) is 23.1 Å². The van der Waals surface area contributed by atoms with E-state index in [0.717, 1.165) is 6.42 Å². The number of nitrogens with zero attached hydrogens (tertiary/aromatic N) is 1. The molecular weight excluding hydrogens is 262 g/mol. The summed E-state index contributed by atoms with van der Waals surface area (Å²) in [5.41, 5.74) is 1.07. The van der Waals surface area contributed by atoms with Gasteiger partial charge in [0.25, 0.3) is 0 Å². The average Bonchev–Trinajstić information content (AvgIpc) is 2.64. The normalized spacial score (nSPS) is 22.1. The van der Waals surface area contributed by atoms with Gasteiger partial charge in [-0.15, -0.1) is 0 Å². The van der Waals surface area contributed by atoms with Crippen molar-refractivity contribution in [2.24, 2.45) is 17.3 Å². The smallest absolute Gasteiger partial charge is 0.233 e. The first-order valence-electron chi connectivity index (χ1n) is 8.25. The van der Waals surface area contributed by atoms with Crippen molar-refractivity contribution in [3.8, 4) is 0 Å². The number of rotatable bonds is 7. The minimum atomic E-state index is -0.257. The first-order chi connectivity index (χ1) is 9.72. The van der Waals surface area contributed by atoms with Crippen LogP contribution in [0, 0.1) is 17.3 Å². The summed E-state index contributed by atoms with van der Waals surface area (Å²) in [6.07, 6.45) is 6.08. The van der Waals surface area contributed by atoms with Crippen molar-refractivity contribution < 1.29 is 9.59 Å². The van der Waals surface area contributed by atoms with Crippen molar-refractivity contribution >= 4 is 11.8 Å². The largest absolute Gasteiger partial charge is 0.283 e. The van der Waals surface area contributed by atoms with E-state index in [9.17, 15) is 9.59 Å². The second-order valence-corrected chi connectivity index (χ2v) is 7.14. The quantitative estimate of drug-likeness (QED) is 0.521. The molecule has 0 radical (unpaired) electrons. The molecule has 0 spiro atoms. The van der Waals surface area contributed by atoms with Crippen LogP contribution in [0.5, 0.6) is 0 Å². The second kappa shape index (κ2) is 7.24. The molecule has 0 saturated carbocycles. The number of allylic oxidation sites excluding steroid dienone is 2. The van der Waals surface area contributed by atoms with Crippen molar-refractivity contribution in [2.45, 2.75) is 67.2 Å². The molecule has 0 aromatic carbocycles. The Kier molecular flexibility index (Phi) is 6.18. The molecule has 1 rings (SSSR count). The maximum Gasteiger partial charge on any atom is 0.233 e. The molecule has 1 heterocycles. The Labute approximate surface area is 129 Å². The third-order valence-electron chi connectivity index (χ3n) is 4.53. The molecule has 2 atom stereocenters. The monoisotopic (exact) mass is 293 g/mol. The lowest BCUT2D eigenvalue weighted by molar-refractivity contribution is -0.139. The number of imide groups is 1. The van der Waals surface area contributed by atoms with Gasteiger partial charge in [0.2, 0.25) is 11.8 Å². The highest BCUT2D eigenvalue weighted by atomic mass is 16.2. The van der Waals surface area contributed by atoms with Crippen molar-refractivity contribution in [1.29, 1.82) is 0 Å². The van der Waals surface area contributed by atoms with E-state index in [2.05, 4.69) is 40.7 Å². The van der Waals surface area contributed by atoms with Gasteiger partial charge >= 0.3 is 0 Å². The van der Waals surface area contributed by atoms with Gasteiger partial charge in [0, 0.05) is 13.0 Å². The minimum Gasteiger partial charge on any atom is -0.283 e. The zero-order chi connectivity index (χ0) is 16.2. The summed E-state index contributed by atoms with van der Waals surface area (Å²) in [4.78, 5) is 25.7. The number of amides is 2. The van der Waals surface area contributed by atoms with E-state index in [4.69, 9.17) is 0 Å². The van der Waals surface area contributed by atoms with E-state index in [1.165, 1.54) is 23.3 Å². The summed E-state index contributed by atoms with van der Waals surface area (Å²) in [6, 6.07) is 0. The summed E-state index contributed by atoms with van der Waals surface area (Å²) in [5, 5.41) is 0. The van der Waals surface area contributed by atoms with Gasteiger partial charge in [-0.3, -0.25) is 14.5 Å². The molecule has 3 heteroatoms. The molecule has 0 aromatic heterocycles. The van der Waals surface area contributed by atoms with Crippen LogP contribution in [0.4, 0.5) is 0 Å². The molecule has 21 heavy (non-hydrogen) atoms. The topological polar surface area (TPSA) is 37.4 Å². The van der Waals surface area contributed by atoms with Gasteiger partial charge in [-0.25, -0.2) is 0 Å². The predicted octanol–water partition coefficient (Wildman–Crippen LogP) is 4.18.